The second kappa shape index (κ2) is 9.74. The highest BCUT2D eigenvalue weighted by Gasteiger charge is 2.46. The highest BCUT2D eigenvalue weighted by molar-refractivity contribution is 5.77. The molecule has 1 aromatic carbocycles. The number of fused-ring (bicyclic) bond motifs is 1. The molecule has 0 radical (unpaired) electrons. The van der Waals surface area contributed by atoms with Gasteiger partial charge in [0.2, 0.25) is 5.95 Å². The summed E-state index contributed by atoms with van der Waals surface area (Å²) >= 11 is 0. The minimum absolute atomic E-state index is 0.145. The molecule has 2 fully saturated rings. The molecule has 208 valence electrons. The van der Waals surface area contributed by atoms with Crippen LogP contribution < -0.4 is 21.3 Å². The van der Waals surface area contributed by atoms with Gasteiger partial charge in [0.15, 0.2) is 11.5 Å². The van der Waals surface area contributed by atoms with E-state index in [0.717, 1.165) is 18.8 Å². The Kier molecular flexibility index (Phi) is 6.33. The van der Waals surface area contributed by atoms with Crippen molar-refractivity contribution in [1.82, 2.24) is 34.0 Å². The van der Waals surface area contributed by atoms with Gasteiger partial charge in [0.05, 0.1) is 12.6 Å². The van der Waals surface area contributed by atoms with Gasteiger partial charge in [-0.3, -0.25) is 9.59 Å². The molecule has 0 saturated carbocycles. The fourth-order valence-electron chi connectivity index (χ4n) is 6.22. The number of hydrogen-bond acceptors (Lipinski definition) is 8. The summed E-state index contributed by atoms with van der Waals surface area (Å²) in [6, 6.07) is 9.22. The summed E-state index contributed by atoms with van der Waals surface area (Å²) in [5.74, 6) is 0.770. The van der Waals surface area contributed by atoms with E-state index in [1.807, 2.05) is 19.9 Å². The molecule has 1 spiro atoms. The van der Waals surface area contributed by atoms with Gasteiger partial charge in [-0.05, 0) is 64.1 Å². The lowest BCUT2D eigenvalue weighted by molar-refractivity contribution is 0.0424. The van der Waals surface area contributed by atoms with Crippen molar-refractivity contribution in [2.45, 2.75) is 39.8 Å². The maximum absolute atomic E-state index is 13.3. The molecule has 11 heteroatoms. The number of hydrogen-bond donors (Lipinski definition) is 1. The second-order valence-electron chi connectivity index (χ2n) is 11.5. The summed E-state index contributed by atoms with van der Waals surface area (Å²) in [7, 11) is 2.19. The smallest absolute Gasteiger partial charge is 0.278 e. The van der Waals surface area contributed by atoms with E-state index in [2.05, 4.69) is 57.9 Å². The zero-order valence-corrected chi connectivity index (χ0v) is 23.5. The van der Waals surface area contributed by atoms with Gasteiger partial charge < -0.3 is 15.1 Å². The number of rotatable bonds is 7. The van der Waals surface area contributed by atoms with Crippen molar-refractivity contribution in [1.29, 1.82) is 0 Å². The van der Waals surface area contributed by atoms with Crippen molar-refractivity contribution >= 4 is 28.4 Å². The first-order valence-corrected chi connectivity index (χ1v) is 13.7. The monoisotopic (exact) mass is 541 g/mol. The zero-order chi connectivity index (χ0) is 28.2. The summed E-state index contributed by atoms with van der Waals surface area (Å²) < 4.78 is 4.51. The highest BCUT2D eigenvalue weighted by Crippen LogP contribution is 2.41. The average Bonchev–Trinajstić information content (AvgIpc) is 3.44. The molecule has 4 aromatic rings. The van der Waals surface area contributed by atoms with Gasteiger partial charge in [-0.25, -0.2) is 19.0 Å². The van der Waals surface area contributed by atoms with Gasteiger partial charge >= 0.3 is 0 Å². The molecule has 6 rings (SSSR count). The minimum atomic E-state index is -0.258. The Morgan fingerprint density at radius 3 is 2.65 bits per heavy atom. The quantitative estimate of drug-likeness (QED) is 0.356. The summed E-state index contributed by atoms with van der Waals surface area (Å²) in [5, 5.41) is 8.19. The van der Waals surface area contributed by atoms with Crippen molar-refractivity contribution in [3.8, 4) is 5.82 Å². The SMILES string of the molecule is C=CCn1c(=O)c2cnc(Nc3ccc(N4CCC5(CN(C)C5)C4)c(C)c3)nc2n1-c1ccc(=O)n(C(C)C)n1. The van der Waals surface area contributed by atoms with E-state index in [1.54, 1.807) is 16.8 Å². The molecule has 0 unspecified atom stereocenters. The summed E-state index contributed by atoms with van der Waals surface area (Å²) in [6.07, 6.45) is 4.40. The number of likely N-dealkylation sites (tertiary alicyclic amines) is 1. The van der Waals surface area contributed by atoms with Gasteiger partial charge in [-0.15, -0.1) is 11.7 Å². The molecule has 5 heterocycles. The first-order chi connectivity index (χ1) is 19.2. The fraction of sp³-hybridized carbons (Fsp3) is 0.414. The standard InChI is InChI=1S/C29H35N9O2/c1-6-12-36-27(40)22-15-30-28(32-26(22)38(36)24-9-10-25(39)37(33-24)19(2)3)31-21-7-8-23(20(4)14-21)35-13-11-29(18-35)16-34(5)17-29/h6-10,14-15,19H,1,11-13,16-18H2,2-5H3,(H,30,31,32). The number of allylic oxidation sites excluding steroid dienone is 1. The molecule has 2 aliphatic heterocycles. The topological polar surface area (TPSA) is 106 Å². The van der Waals surface area contributed by atoms with Gasteiger partial charge in [0.1, 0.15) is 5.39 Å². The van der Waals surface area contributed by atoms with Gasteiger partial charge in [0, 0.05) is 55.2 Å². The van der Waals surface area contributed by atoms with E-state index < -0.39 is 0 Å². The first kappa shape index (κ1) is 26.0. The Morgan fingerprint density at radius 1 is 1.15 bits per heavy atom. The molecule has 0 aliphatic carbocycles. The van der Waals surface area contributed by atoms with E-state index in [-0.39, 0.29) is 23.7 Å². The molecular formula is C29H35N9O2. The molecule has 2 saturated heterocycles. The van der Waals surface area contributed by atoms with Crippen molar-refractivity contribution in [2.24, 2.45) is 5.41 Å². The molecule has 0 atom stereocenters. The molecule has 0 amide bonds. The van der Waals surface area contributed by atoms with Crippen LogP contribution in [0.3, 0.4) is 0 Å². The number of aryl methyl sites for hydroxylation is 1. The van der Waals surface area contributed by atoms with E-state index in [4.69, 9.17) is 4.98 Å². The Bertz CT molecular complexity index is 1730. The number of aromatic nitrogens is 6. The van der Waals surface area contributed by atoms with Crippen LogP contribution in [0.15, 0.2) is 58.8 Å². The molecule has 2 aliphatic rings. The molecule has 40 heavy (non-hydrogen) atoms. The maximum Gasteiger partial charge on any atom is 0.278 e. The van der Waals surface area contributed by atoms with Crippen LogP contribution in [-0.4, -0.2) is 67.2 Å². The van der Waals surface area contributed by atoms with Crippen LogP contribution in [0.25, 0.3) is 16.9 Å². The van der Waals surface area contributed by atoms with Crippen molar-refractivity contribution in [3.63, 3.8) is 0 Å². The average molecular weight is 542 g/mol. The summed E-state index contributed by atoms with van der Waals surface area (Å²) in [6.45, 7) is 14.5. The Hall–Kier alpha value is -4.25. The van der Waals surface area contributed by atoms with E-state index in [0.29, 0.717) is 28.2 Å². The number of benzene rings is 1. The Morgan fingerprint density at radius 2 is 1.95 bits per heavy atom. The largest absolute Gasteiger partial charge is 0.371 e. The summed E-state index contributed by atoms with van der Waals surface area (Å²) in [5.41, 5.74) is 3.67. The number of nitrogens with one attached hydrogen (secondary N) is 1. The van der Waals surface area contributed by atoms with Crippen LogP contribution in [-0.2, 0) is 6.54 Å². The first-order valence-electron chi connectivity index (χ1n) is 13.7. The summed E-state index contributed by atoms with van der Waals surface area (Å²) in [4.78, 5) is 39.7. The number of nitrogens with zero attached hydrogens (tertiary/aromatic N) is 8. The highest BCUT2D eigenvalue weighted by atomic mass is 16.1. The second-order valence-corrected chi connectivity index (χ2v) is 11.5. The van der Waals surface area contributed by atoms with E-state index >= 15 is 0 Å². The Labute approximate surface area is 232 Å². The lowest BCUT2D eigenvalue weighted by atomic mass is 9.79. The molecule has 1 N–H and O–H groups in total. The minimum Gasteiger partial charge on any atom is -0.371 e. The predicted octanol–water partition coefficient (Wildman–Crippen LogP) is 3.10. The zero-order valence-electron chi connectivity index (χ0n) is 23.5. The maximum atomic E-state index is 13.3. The Balaban J connectivity index is 1.33. The normalized spacial score (nSPS) is 16.7. The van der Waals surface area contributed by atoms with Gasteiger partial charge in [-0.1, -0.05) is 6.08 Å². The van der Waals surface area contributed by atoms with Gasteiger partial charge in [0.25, 0.3) is 11.1 Å². The van der Waals surface area contributed by atoms with Gasteiger partial charge in [-0.2, -0.15) is 4.98 Å². The molecule has 3 aromatic heterocycles. The third-order valence-electron chi connectivity index (χ3n) is 7.94. The third-order valence-corrected chi connectivity index (χ3v) is 7.94. The van der Waals surface area contributed by atoms with Crippen LogP contribution in [0.5, 0.6) is 0 Å². The van der Waals surface area contributed by atoms with Crippen LogP contribution >= 0.6 is 0 Å². The van der Waals surface area contributed by atoms with Crippen molar-refractivity contribution in [3.05, 3.63) is 75.5 Å². The van der Waals surface area contributed by atoms with Crippen molar-refractivity contribution in [2.75, 3.05) is 43.4 Å². The fourth-order valence-corrected chi connectivity index (χ4v) is 6.22. The number of anilines is 3. The lowest BCUT2D eigenvalue weighted by Crippen LogP contribution is -2.55. The van der Waals surface area contributed by atoms with Crippen molar-refractivity contribution < 1.29 is 0 Å². The molecule has 0 bridgehead atoms. The molecule has 11 nitrogen and oxygen atoms in total. The van der Waals surface area contributed by atoms with Crippen LogP contribution in [0.1, 0.15) is 31.9 Å². The van der Waals surface area contributed by atoms with E-state index in [1.165, 1.54) is 52.4 Å². The third kappa shape index (κ3) is 4.40. The van der Waals surface area contributed by atoms with Crippen LogP contribution in [0.2, 0.25) is 0 Å². The predicted molar refractivity (Wildman–Crippen MR) is 157 cm³/mol. The van der Waals surface area contributed by atoms with Crippen LogP contribution in [0.4, 0.5) is 17.3 Å². The lowest BCUT2D eigenvalue weighted by Gasteiger charge is -2.46. The van der Waals surface area contributed by atoms with Crippen LogP contribution in [0, 0.1) is 12.3 Å². The molecular weight excluding hydrogens is 506 g/mol. The van der Waals surface area contributed by atoms with E-state index in [9.17, 15) is 9.59 Å².